The van der Waals surface area contributed by atoms with Gasteiger partial charge in [0.2, 0.25) is 5.91 Å². The van der Waals surface area contributed by atoms with E-state index >= 15 is 0 Å². The van der Waals surface area contributed by atoms with E-state index in [9.17, 15) is 9.59 Å². The van der Waals surface area contributed by atoms with Crippen molar-refractivity contribution in [3.63, 3.8) is 0 Å². The van der Waals surface area contributed by atoms with Crippen molar-refractivity contribution in [2.24, 2.45) is 5.92 Å². The third-order valence-electron chi connectivity index (χ3n) is 4.80. The zero-order chi connectivity index (χ0) is 17.8. The Hall–Kier alpha value is -2.37. The van der Waals surface area contributed by atoms with Crippen LogP contribution in [0.5, 0.6) is 0 Å². The molecule has 0 saturated carbocycles. The molecule has 134 valence electrons. The van der Waals surface area contributed by atoms with Gasteiger partial charge in [0.1, 0.15) is 5.65 Å². The van der Waals surface area contributed by atoms with Gasteiger partial charge in [-0.2, -0.15) is 0 Å². The van der Waals surface area contributed by atoms with E-state index in [1.54, 1.807) is 0 Å². The molecule has 25 heavy (non-hydrogen) atoms. The molecule has 0 aliphatic carbocycles. The topological polar surface area (TPSA) is 63.9 Å². The third kappa shape index (κ3) is 3.83. The minimum Gasteiger partial charge on any atom is -0.466 e. The van der Waals surface area contributed by atoms with Crippen LogP contribution in [0.15, 0.2) is 24.4 Å². The number of pyridine rings is 1. The Balaban J connectivity index is 1.62. The first-order chi connectivity index (χ1) is 12.1. The summed E-state index contributed by atoms with van der Waals surface area (Å²) in [6, 6.07) is 5.89. The van der Waals surface area contributed by atoms with Crippen LogP contribution in [0.3, 0.4) is 0 Å². The molecule has 0 aromatic carbocycles. The fourth-order valence-electron chi connectivity index (χ4n) is 3.51. The molecule has 1 amide bonds. The number of ether oxygens (including phenoxy) is 1. The number of amides is 1. The van der Waals surface area contributed by atoms with Crippen LogP contribution in [0.4, 0.5) is 0 Å². The summed E-state index contributed by atoms with van der Waals surface area (Å²) in [5.74, 6) is -0.271. The summed E-state index contributed by atoms with van der Waals surface area (Å²) in [6.07, 6.45) is 4.71. The predicted octanol–water partition coefficient (Wildman–Crippen LogP) is 2.38. The van der Waals surface area contributed by atoms with Crippen LogP contribution in [0.2, 0.25) is 0 Å². The van der Waals surface area contributed by atoms with Crippen molar-refractivity contribution < 1.29 is 14.3 Å². The van der Waals surface area contributed by atoms with Crippen LogP contribution in [0.1, 0.15) is 37.6 Å². The lowest BCUT2D eigenvalue weighted by molar-refractivity contribution is -0.151. The maximum absolute atomic E-state index is 12.6. The van der Waals surface area contributed by atoms with Gasteiger partial charge in [-0.3, -0.25) is 9.59 Å². The number of esters is 1. The largest absolute Gasteiger partial charge is 0.466 e. The summed E-state index contributed by atoms with van der Waals surface area (Å²) in [5.41, 5.74) is 2.94. The SMILES string of the molecule is CCOC(=O)C1CCCN(C(=O)CCc2c(C)nc3ccccn23)C1. The van der Waals surface area contributed by atoms with E-state index in [1.165, 1.54) is 0 Å². The quantitative estimate of drug-likeness (QED) is 0.782. The molecule has 2 aromatic heterocycles. The zero-order valence-electron chi connectivity index (χ0n) is 14.9. The van der Waals surface area contributed by atoms with Crippen LogP contribution < -0.4 is 0 Å². The predicted molar refractivity (Wildman–Crippen MR) is 94.2 cm³/mol. The summed E-state index contributed by atoms with van der Waals surface area (Å²) >= 11 is 0. The Kier molecular flexibility index (Phi) is 5.36. The maximum atomic E-state index is 12.6. The van der Waals surface area contributed by atoms with Crippen LogP contribution in [-0.2, 0) is 20.7 Å². The fourth-order valence-corrected chi connectivity index (χ4v) is 3.51. The Labute approximate surface area is 147 Å². The molecule has 0 radical (unpaired) electrons. The number of hydrogen-bond donors (Lipinski definition) is 0. The molecular formula is C19H25N3O3. The van der Waals surface area contributed by atoms with Crippen LogP contribution in [-0.4, -0.2) is 45.9 Å². The van der Waals surface area contributed by atoms with E-state index in [1.807, 2.05) is 47.5 Å². The molecule has 1 fully saturated rings. The molecule has 3 heterocycles. The maximum Gasteiger partial charge on any atom is 0.310 e. The number of piperidine rings is 1. The van der Waals surface area contributed by atoms with E-state index in [0.29, 0.717) is 26.0 Å². The minimum absolute atomic E-state index is 0.0966. The molecule has 0 spiro atoms. The van der Waals surface area contributed by atoms with Crippen LogP contribution >= 0.6 is 0 Å². The standard InChI is InChI=1S/C19H25N3O3/c1-3-25-19(24)15-7-6-11-21(13-15)18(23)10-9-16-14(2)20-17-8-4-5-12-22(16)17/h4-5,8,12,15H,3,6-7,9-11,13H2,1-2H3. The highest BCUT2D eigenvalue weighted by molar-refractivity contribution is 5.78. The Bertz CT molecular complexity index is 768. The van der Waals surface area contributed by atoms with E-state index in [4.69, 9.17) is 4.74 Å². The van der Waals surface area contributed by atoms with Gasteiger partial charge in [-0.05, 0) is 45.2 Å². The number of likely N-dealkylation sites (tertiary alicyclic amines) is 1. The summed E-state index contributed by atoms with van der Waals surface area (Å²) in [5, 5.41) is 0. The molecule has 1 unspecified atom stereocenters. The van der Waals surface area contributed by atoms with E-state index in [2.05, 4.69) is 4.98 Å². The number of carbonyl (C=O) groups is 2. The fraction of sp³-hybridized carbons (Fsp3) is 0.526. The van der Waals surface area contributed by atoms with Gasteiger partial charge in [-0.1, -0.05) is 6.07 Å². The summed E-state index contributed by atoms with van der Waals surface area (Å²) < 4.78 is 7.15. The first kappa shape index (κ1) is 17.5. The average molecular weight is 343 g/mol. The highest BCUT2D eigenvalue weighted by atomic mass is 16.5. The molecule has 2 aromatic rings. The molecule has 3 rings (SSSR count). The van der Waals surface area contributed by atoms with Gasteiger partial charge >= 0.3 is 5.97 Å². The van der Waals surface area contributed by atoms with Crippen molar-refractivity contribution in [1.29, 1.82) is 0 Å². The number of aromatic nitrogens is 2. The number of nitrogens with zero attached hydrogens (tertiary/aromatic N) is 3. The zero-order valence-corrected chi connectivity index (χ0v) is 14.9. The van der Waals surface area contributed by atoms with Gasteiger partial charge in [-0.25, -0.2) is 4.98 Å². The van der Waals surface area contributed by atoms with Gasteiger partial charge in [0.15, 0.2) is 0 Å². The summed E-state index contributed by atoms with van der Waals surface area (Å²) in [4.78, 5) is 30.9. The van der Waals surface area contributed by atoms with E-state index in [0.717, 1.165) is 36.4 Å². The van der Waals surface area contributed by atoms with Gasteiger partial charge in [0.25, 0.3) is 0 Å². The highest BCUT2D eigenvalue weighted by Gasteiger charge is 2.29. The minimum atomic E-state index is -0.185. The van der Waals surface area contributed by atoms with Gasteiger partial charge < -0.3 is 14.0 Å². The normalized spacial score (nSPS) is 17.7. The molecule has 1 saturated heterocycles. The Morgan fingerprint density at radius 2 is 2.20 bits per heavy atom. The second-order valence-corrected chi connectivity index (χ2v) is 6.50. The van der Waals surface area contributed by atoms with Crippen LogP contribution in [0, 0.1) is 12.8 Å². The molecular weight excluding hydrogens is 318 g/mol. The van der Waals surface area contributed by atoms with Gasteiger partial charge in [-0.15, -0.1) is 0 Å². The Morgan fingerprint density at radius 1 is 1.36 bits per heavy atom. The third-order valence-corrected chi connectivity index (χ3v) is 4.80. The molecule has 0 N–H and O–H groups in total. The van der Waals surface area contributed by atoms with Crippen molar-refractivity contribution in [1.82, 2.24) is 14.3 Å². The van der Waals surface area contributed by atoms with Gasteiger partial charge in [0, 0.05) is 31.4 Å². The van der Waals surface area contributed by atoms with Gasteiger partial charge in [0.05, 0.1) is 18.2 Å². The molecule has 1 aliphatic rings. The summed E-state index contributed by atoms with van der Waals surface area (Å²) in [7, 11) is 0. The highest BCUT2D eigenvalue weighted by Crippen LogP contribution is 2.20. The number of carbonyl (C=O) groups excluding carboxylic acids is 2. The van der Waals surface area contributed by atoms with Crippen molar-refractivity contribution in [3.8, 4) is 0 Å². The molecule has 1 aliphatic heterocycles. The first-order valence-electron chi connectivity index (χ1n) is 8.97. The second kappa shape index (κ2) is 7.68. The van der Waals surface area contributed by atoms with Crippen molar-refractivity contribution in [3.05, 3.63) is 35.8 Å². The second-order valence-electron chi connectivity index (χ2n) is 6.50. The number of hydrogen-bond acceptors (Lipinski definition) is 4. The number of fused-ring (bicyclic) bond motifs is 1. The Morgan fingerprint density at radius 3 is 3.00 bits per heavy atom. The monoisotopic (exact) mass is 343 g/mol. The van der Waals surface area contributed by atoms with Crippen molar-refractivity contribution >= 4 is 17.5 Å². The molecule has 6 nitrogen and oxygen atoms in total. The number of imidazole rings is 1. The number of rotatable bonds is 5. The molecule has 1 atom stereocenters. The lowest BCUT2D eigenvalue weighted by Gasteiger charge is -2.31. The number of aryl methyl sites for hydroxylation is 2. The first-order valence-corrected chi connectivity index (χ1v) is 8.97. The van der Waals surface area contributed by atoms with E-state index < -0.39 is 0 Å². The van der Waals surface area contributed by atoms with E-state index in [-0.39, 0.29) is 17.8 Å². The summed E-state index contributed by atoms with van der Waals surface area (Å²) in [6.45, 7) is 5.37. The molecule has 0 bridgehead atoms. The van der Waals surface area contributed by atoms with Crippen molar-refractivity contribution in [2.45, 2.75) is 39.5 Å². The molecule has 6 heteroatoms. The average Bonchev–Trinajstić information content (AvgIpc) is 2.95. The lowest BCUT2D eigenvalue weighted by Crippen LogP contribution is -2.42. The van der Waals surface area contributed by atoms with Crippen LogP contribution in [0.25, 0.3) is 5.65 Å². The smallest absolute Gasteiger partial charge is 0.310 e. The van der Waals surface area contributed by atoms with Crippen molar-refractivity contribution in [2.75, 3.05) is 19.7 Å². The lowest BCUT2D eigenvalue weighted by atomic mass is 9.97.